The summed E-state index contributed by atoms with van der Waals surface area (Å²) in [5.74, 6) is 2.62. The van der Waals surface area contributed by atoms with Crippen LogP contribution in [0, 0.1) is 11.3 Å². The number of carbonyl (C=O) groups excluding carboxylic acids is 1. The van der Waals surface area contributed by atoms with Gasteiger partial charge in [-0.1, -0.05) is 0 Å². The van der Waals surface area contributed by atoms with Crippen molar-refractivity contribution in [3.8, 4) is 11.5 Å². The van der Waals surface area contributed by atoms with Crippen LogP contribution in [0.5, 0.6) is 11.5 Å². The lowest BCUT2D eigenvalue weighted by molar-refractivity contribution is -0.152. The van der Waals surface area contributed by atoms with Gasteiger partial charge in [-0.15, -0.1) is 0 Å². The summed E-state index contributed by atoms with van der Waals surface area (Å²) >= 11 is 0. The van der Waals surface area contributed by atoms with Gasteiger partial charge in [0.05, 0.1) is 31.8 Å². The van der Waals surface area contributed by atoms with E-state index in [0.717, 1.165) is 55.5 Å². The van der Waals surface area contributed by atoms with Crippen molar-refractivity contribution < 1.29 is 19.0 Å². The molecule has 2 aliphatic rings. The average molecular weight is 385 g/mol. The van der Waals surface area contributed by atoms with Gasteiger partial charge in [-0.2, -0.15) is 0 Å². The van der Waals surface area contributed by atoms with Crippen molar-refractivity contribution >= 4 is 22.7 Å². The van der Waals surface area contributed by atoms with Gasteiger partial charge in [-0.05, 0) is 44.6 Å². The van der Waals surface area contributed by atoms with E-state index in [2.05, 4.69) is 14.9 Å². The molecule has 150 valence electrons. The van der Waals surface area contributed by atoms with Gasteiger partial charge in [0, 0.05) is 24.5 Å². The Labute approximate surface area is 165 Å². The molecule has 1 aliphatic carbocycles. The van der Waals surface area contributed by atoms with Crippen LogP contribution in [0.3, 0.4) is 0 Å². The fraction of sp³-hybridized carbons (Fsp3) is 0.571. The van der Waals surface area contributed by atoms with Crippen LogP contribution >= 0.6 is 0 Å². The maximum Gasteiger partial charge on any atom is 0.312 e. The van der Waals surface area contributed by atoms with E-state index in [1.165, 1.54) is 0 Å². The Morgan fingerprint density at radius 3 is 2.43 bits per heavy atom. The third-order valence-corrected chi connectivity index (χ3v) is 6.17. The van der Waals surface area contributed by atoms with Crippen LogP contribution < -0.4 is 14.4 Å². The Bertz CT molecular complexity index is 873. The highest BCUT2D eigenvalue weighted by molar-refractivity contribution is 5.92. The van der Waals surface area contributed by atoms with Crippen LogP contribution in [-0.4, -0.2) is 49.9 Å². The van der Waals surface area contributed by atoms with E-state index in [1.807, 2.05) is 19.1 Å². The van der Waals surface area contributed by atoms with Crippen LogP contribution in [0.1, 0.15) is 32.6 Å². The summed E-state index contributed by atoms with van der Waals surface area (Å²) in [4.78, 5) is 23.6. The van der Waals surface area contributed by atoms with Crippen molar-refractivity contribution in [3.63, 3.8) is 0 Å². The second kappa shape index (κ2) is 7.45. The Kier molecular flexibility index (Phi) is 5.00. The lowest BCUT2D eigenvalue weighted by Gasteiger charge is -2.36. The summed E-state index contributed by atoms with van der Waals surface area (Å²) in [6.07, 6.45) is 5.46. The molecule has 0 bridgehead atoms. The molecule has 7 heteroatoms. The monoisotopic (exact) mass is 385 g/mol. The number of rotatable bonds is 6. The van der Waals surface area contributed by atoms with Crippen molar-refractivity contribution in [3.05, 3.63) is 18.5 Å². The molecule has 1 saturated carbocycles. The molecule has 0 radical (unpaired) electrons. The van der Waals surface area contributed by atoms with Gasteiger partial charge < -0.3 is 19.1 Å². The molecule has 0 unspecified atom stereocenters. The SMILES string of the molecule is CCOC(=O)C1(C2CCN(c3ncnc4cc(OC)c(OC)cc34)CC2)CC1. The number of carbonyl (C=O) groups is 1. The zero-order chi connectivity index (χ0) is 19.7. The largest absolute Gasteiger partial charge is 0.493 e. The molecule has 1 aliphatic heterocycles. The smallest absolute Gasteiger partial charge is 0.312 e. The van der Waals surface area contributed by atoms with Gasteiger partial charge in [0.25, 0.3) is 0 Å². The predicted octanol–water partition coefficient (Wildman–Crippen LogP) is 3.21. The van der Waals surface area contributed by atoms with Gasteiger partial charge in [0.1, 0.15) is 12.1 Å². The number of ether oxygens (including phenoxy) is 3. The Morgan fingerprint density at radius 2 is 1.82 bits per heavy atom. The van der Waals surface area contributed by atoms with Crippen molar-refractivity contribution in [2.45, 2.75) is 32.6 Å². The van der Waals surface area contributed by atoms with E-state index in [9.17, 15) is 4.79 Å². The first kappa shape index (κ1) is 18.8. The molecule has 0 atom stereocenters. The van der Waals surface area contributed by atoms with Crippen LogP contribution in [0.25, 0.3) is 10.9 Å². The minimum atomic E-state index is -0.230. The molecule has 0 spiro atoms. The van der Waals surface area contributed by atoms with Crippen LogP contribution in [-0.2, 0) is 9.53 Å². The zero-order valence-electron chi connectivity index (χ0n) is 16.7. The summed E-state index contributed by atoms with van der Waals surface area (Å²) in [5.41, 5.74) is 0.599. The third kappa shape index (κ3) is 3.12. The van der Waals surface area contributed by atoms with Gasteiger partial charge in [-0.25, -0.2) is 9.97 Å². The van der Waals surface area contributed by atoms with Gasteiger partial charge in [-0.3, -0.25) is 4.79 Å². The molecule has 1 saturated heterocycles. The number of aromatic nitrogens is 2. The molecule has 7 nitrogen and oxygen atoms in total. The standard InChI is InChI=1S/C21H27N3O4/c1-4-28-20(25)21(7-8-21)14-5-9-24(10-6-14)19-15-11-17(26-2)18(27-3)12-16(15)22-13-23-19/h11-14H,4-10H2,1-3H3. The third-order valence-electron chi connectivity index (χ3n) is 6.17. The van der Waals surface area contributed by atoms with E-state index >= 15 is 0 Å². The number of hydrogen-bond acceptors (Lipinski definition) is 7. The van der Waals surface area contributed by atoms with Crippen molar-refractivity contribution in [1.29, 1.82) is 0 Å². The maximum absolute atomic E-state index is 12.4. The number of esters is 1. The summed E-state index contributed by atoms with van der Waals surface area (Å²) in [5, 5.41) is 0.949. The fourth-order valence-corrected chi connectivity index (χ4v) is 4.45. The molecule has 4 rings (SSSR count). The minimum Gasteiger partial charge on any atom is -0.493 e. The van der Waals surface area contributed by atoms with E-state index in [-0.39, 0.29) is 11.4 Å². The number of nitrogens with zero attached hydrogens (tertiary/aromatic N) is 3. The molecular weight excluding hydrogens is 358 g/mol. The summed E-state index contributed by atoms with van der Waals surface area (Å²) in [6.45, 7) is 4.07. The van der Waals surface area contributed by atoms with Gasteiger partial charge in [0.15, 0.2) is 11.5 Å². The molecule has 28 heavy (non-hydrogen) atoms. The second-order valence-electron chi connectivity index (χ2n) is 7.56. The molecule has 2 fully saturated rings. The van der Waals surface area contributed by atoms with E-state index in [0.29, 0.717) is 24.0 Å². The highest BCUT2D eigenvalue weighted by Gasteiger charge is 2.56. The zero-order valence-corrected chi connectivity index (χ0v) is 16.7. The van der Waals surface area contributed by atoms with E-state index in [1.54, 1.807) is 20.5 Å². The van der Waals surface area contributed by atoms with E-state index < -0.39 is 0 Å². The number of benzene rings is 1. The summed E-state index contributed by atoms with van der Waals surface area (Å²) < 4.78 is 16.2. The number of hydrogen-bond donors (Lipinski definition) is 0. The van der Waals surface area contributed by atoms with E-state index in [4.69, 9.17) is 14.2 Å². The average Bonchev–Trinajstić information content (AvgIpc) is 3.54. The van der Waals surface area contributed by atoms with Crippen LogP contribution in [0.15, 0.2) is 18.5 Å². The summed E-state index contributed by atoms with van der Waals surface area (Å²) in [7, 11) is 3.25. The number of anilines is 1. The number of methoxy groups -OCH3 is 2. The predicted molar refractivity (Wildman–Crippen MR) is 106 cm³/mol. The molecule has 0 amide bonds. The topological polar surface area (TPSA) is 73.8 Å². The Balaban J connectivity index is 1.55. The lowest BCUT2D eigenvalue weighted by Crippen LogP contribution is -2.40. The van der Waals surface area contributed by atoms with Gasteiger partial charge in [0.2, 0.25) is 0 Å². The quantitative estimate of drug-likeness (QED) is 0.707. The molecule has 0 N–H and O–H groups in total. The first-order valence-electron chi connectivity index (χ1n) is 9.92. The fourth-order valence-electron chi connectivity index (χ4n) is 4.45. The second-order valence-corrected chi connectivity index (χ2v) is 7.56. The van der Waals surface area contributed by atoms with Crippen molar-refractivity contribution in [2.24, 2.45) is 11.3 Å². The van der Waals surface area contributed by atoms with Crippen molar-refractivity contribution in [1.82, 2.24) is 9.97 Å². The Hall–Kier alpha value is -2.57. The van der Waals surface area contributed by atoms with Gasteiger partial charge >= 0.3 is 5.97 Å². The highest BCUT2D eigenvalue weighted by Crippen LogP contribution is 2.56. The van der Waals surface area contributed by atoms with Crippen molar-refractivity contribution in [2.75, 3.05) is 38.8 Å². The van der Waals surface area contributed by atoms with Crippen LogP contribution in [0.4, 0.5) is 5.82 Å². The Morgan fingerprint density at radius 1 is 1.14 bits per heavy atom. The first-order chi connectivity index (χ1) is 13.6. The van der Waals surface area contributed by atoms with Crippen LogP contribution in [0.2, 0.25) is 0 Å². The molecular formula is C21H27N3O4. The molecule has 1 aromatic carbocycles. The number of piperidine rings is 1. The molecule has 1 aromatic heterocycles. The minimum absolute atomic E-state index is 0.00207. The maximum atomic E-state index is 12.4. The normalized spacial score (nSPS) is 18.8. The lowest BCUT2D eigenvalue weighted by atomic mass is 9.81. The molecule has 2 aromatic rings. The highest BCUT2D eigenvalue weighted by atomic mass is 16.5. The first-order valence-corrected chi connectivity index (χ1v) is 9.92. The summed E-state index contributed by atoms with van der Waals surface area (Å²) in [6, 6.07) is 3.82. The number of fused-ring (bicyclic) bond motifs is 1. The molecule has 2 heterocycles.